The number of fused-ring (bicyclic) bond motifs is 1. The summed E-state index contributed by atoms with van der Waals surface area (Å²) in [6.07, 6.45) is 2.87. The SMILES string of the molecule is C=Cc1ccc(Cc2cccc3ccccc23)c(C)c1. The normalized spacial score (nSPS) is 10.7. The van der Waals surface area contributed by atoms with Gasteiger partial charge in [0.1, 0.15) is 0 Å². The summed E-state index contributed by atoms with van der Waals surface area (Å²) in [5.74, 6) is 0. The van der Waals surface area contributed by atoms with Crippen molar-refractivity contribution >= 4 is 16.8 Å². The highest BCUT2D eigenvalue weighted by Gasteiger charge is 2.04. The molecular formula is C20H18. The van der Waals surface area contributed by atoms with Gasteiger partial charge in [0, 0.05) is 0 Å². The van der Waals surface area contributed by atoms with Crippen molar-refractivity contribution in [1.82, 2.24) is 0 Å². The lowest BCUT2D eigenvalue weighted by molar-refractivity contribution is 1.17. The van der Waals surface area contributed by atoms with E-state index in [2.05, 4.69) is 74.2 Å². The Morgan fingerprint density at radius 1 is 0.900 bits per heavy atom. The van der Waals surface area contributed by atoms with E-state index in [-0.39, 0.29) is 0 Å². The number of hydrogen-bond acceptors (Lipinski definition) is 0. The van der Waals surface area contributed by atoms with E-state index < -0.39 is 0 Å². The van der Waals surface area contributed by atoms with Gasteiger partial charge in [-0.05, 0) is 46.4 Å². The van der Waals surface area contributed by atoms with Gasteiger partial charge in [0.05, 0.1) is 0 Å². The Hall–Kier alpha value is -2.34. The van der Waals surface area contributed by atoms with Crippen LogP contribution in [0.1, 0.15) is 22.3 Å². The van der Waals surface area contributed by atoms with E-state index in [4.69, 9.17) is 0 Å². The zero-order chi connectivity index (χ0) is 13.9. The van der Waals surface area contributed by atoms with Crippen LogP contribution in [-0.2, 0) is 6.42 Å². The molecule has 0 N–H and O–H groups in total. The number of rotatable bonds is 3. The van der Waals surface area contributed by atoms with E-state index in [1.807, 2.05) is 6.08 Å². The Balaban J connectivity index is 2.03. The van der Waals surface area contributed by atoms with Gasteiger partial charge in [-0.25, -0.2) is 0 Å². The first kappa shape index (κ1) is 12.7. The maximum Gasteiger partial charge on any atom is -0.00170 e. The highest BCUT2D eigenvalue weighted by atomic mass is 14.1. The molecule has 0 spiro atoms. The van der Waals surface area contributed by atoms with Crippen LogP contribution in [0.2, 0.25) is 0 Å². The molecule has 0 aliphatic rings. The minimum atomic E-state index is 0.977. The van der Waals surface area contributed by atoms with Gasteiger partial charge in [0.25, 0.3) is 0 Å². The van der Waals surface area contributed by atoms with Crippen LogP contribution in [0.25, 0.3) is 16.8 Å². The molecule has 0 heterocycles. The molecule has 0 saturated heterocycles. The average molecular weight is 258 g/mol. The first-order valence-electron chi connectivity index (χ1n) is 6.96. The third-order valence-corrected chi connectivity index (χ3v) is 3.86. The van der Waals surface area contributed by atoms with Crippen LogP contribution in [0.4, 0.5) is 0 Å². The maximum absolute atomic E-state index is 3.83. The summed E-state index contributed by atoms with van der Waals surface area (Å²) in [6, 6.07) is 21.7. The van der Waals surface area contributed by atoms with Crippen LogP contribution in [0, 0.1) is 6.92 Å². The standard InChI is InChI=1S/C20H18/c1-3-16-11-12-18(15(2)13-16)14-19-9-6-8-17-7-4-5-10-20(17)19/h3-13H,1,14H2,2H3. The molecule has 0 heteroatoms. The van der Waals surface area contributed by atoms with Crippen LogP contribution in [-0.4, -0.2) is 0 Å². The van der Waals surface area contributed by atoms with Crippen molar-refractivity contribution in [3.8, 4) is 0 Å². The summed E-state index contributed by atoms with van der Waals surface area (Å²) >= 11 is 0. The Morgan fingerprint density at radius 3 is 2.50 bits per heavy atom. The Bertz CT molecular complexity index is 761. The Kier molecular flexibility index (Phi) is 3.39. The predicted molar refractivity (Wildman–Crippen MR) is 88.0 cm³/mol. The minimum absolute atomic E-state index is 0.977. The summed E-state index contributed by atoms with van der Waals surface area (Å²) in [6.45, 7) is 6.00. The van der Waals surface area contributed by atoms with Gasteiger partial charge >= 0.3 is 0 Å². The average Bonchev–Trinajstić information content (AvgIpc) is 2.49. The zero-order valence-corrected chi connectivity index (χ0v) is 11.8. The molecule has 0 radical (unpaired) electrons. The summed E-state index contributed by atoms with van der Waals surface area (Å²) < 4.78 is 0. The van der Waals surface area contributed by atoms with Crippen LogP contribution in [0.15, 0.2) is 67.2 Å². The van der Waals surface area contributed by atoms with Gasteiger partial charge in [-0.15, -0.1) is 0 Å². The van der Waals surface area contributed by atoms with Crippen LogP contribution >= 0.6 is 0 Å². The van der Waals surface area contributed by atoms with E-state index in [9.17, 15) is 0 Å². The predicted octanol–water partition coefficient (Wildman–Crippen LogP) is 5.38. The quantitative estimate of drug-likeness (QED) is 0.591. The van der Waals surface area contributed by atoms with Gasteiger partial charge in [-0.3, -0.25) is 0 Å². The van der Waals surface area contributed by atoms with Crippen molar-refractivity contribution in [3.63, 3.8) is 0 Å². The second-order valence-electron chi connectivity index (χ2n) is 5.21. The summed E-state index contributed by atoms with van der Waals surface area (Å²) in [7, 11) is 0. The molecule has 0 aliphatic heterocycles. The number of benzene rings is 3. The third kappa shape index (κ3) is 2.37. The largest absolute Gasteiger partial charge is 0.0985 e. The van der Waals surface area contributed by atoms with E-state index in [0.29, 0.717) is 0 Å². The molecule has 0 bridgehead atoms. The second kappa shape index (κ2) is 5.34. The van der Waals surface area contributed by atoms with Gasteiger partial charge in [0.15, 0.2) is 0 Å². The van der Waals surface area contributed by atoms with Crippen LogP contribution in [0.5, 0.6) is 0 Å². The molecule has 0 fully saturated rings. The van der Waals surface area contributed by atoms with Crippen molar-refractivity contribution in [3.05, 3.63) is 89.5 Å². The molecule has 20 heavy (non-hydrogen) atoms. The molecule has 0 aromatic heterocycles. The lowest BCUT2D eigenvalue weighted by Gasteiger charge is -2.10. The minimum Gasteiger partial charge on any atom is -0.0985 e. The zero-order valence-electron chi connectivity index (χ0n) is 11.8. The van der Waals surface area contributed by atoms with Gasteiger partial charge < -0.3 is 0 Å². The van der Waals surface area contributed by atoms with Gasteiger partial charge in [0.2, 0.25) is 0 Å². The van der Waals surface area contributed by atoms with E-state index in [1.165, 1.54) is 33.0 Å². The fourth-order valence-electron chi connectivity index (χ4n) is 2.70. The van der Waals surface area contributed by atoms with Crippen molar-refractivity contribution in [2.24, 2.45) is 0 Å². The molecule has 0 amide bonds. The number of hydrogen-bond donors (Lipinski definition) is 0. The summed E-state index contributed by atoms with van der Waals surface area (Å²) in [5, 5.41) is 2.66. The molecule has 0 nitrogen and oxygen atoms in total. The molecule has 0 unspecified atom stereocenters. The fraction of sp³-hybridized carbons (Fsp3) is 0.100. The molecule has 0 aliphatic carbocycles. The Labute approximate surface area is 120 Å². The second-order valence-corrected chi connectivity index (χ2v) is 5.21. The lowest BCUT2D eigenvalue weighted by Crippen LogP contribution is -1.93. The molecule has 98 valence electrons. The fourth-order valence-corrected chi connectivity index (χ4v) is 2.70. The molecule has 3 aromatic rings. The first-order valence-corrected chi connectivity index (χ1v) is 6.96. The van der Waals surface area contributed by atoms with E-state index in [0.717, 1.165) is 6.42 Å². The number of aryl methyl sites for hydroxylation is 1. The van der Waals surface area contributed by atoms with Crippen molar-refractivity contribution < 1.29 is 0 Å². The molecule has 3 rings (SSSR count). The summed E-state index contributed by atoms with van der Waals surface area (Å²) in [4.78, 5) is 0. The van der Waals surface area contributed by atoms with Crippen molar-refractivity contribution in [2.75, 3.05) is 0 Å². The van der Waals surface area contributed by atoms with Gasteiger partial charge in [-0.1, -0.05) is 73.3 Å². The van der Waals surface area contributed by atoms with Crippen LogP contribution < -0.4 is 0 Å². The molecule has 0 saturated carbocycles. The topological polar surface area (TPSA) is 0 Å². The molecule has 0 atom stereocenters. The Morgan fingerprint density at radius 2 is 1.70 bits per heavy atom. The highest BCUT2D eigenvalue weighted by molar-refractivity contribution is 5.86. The van der Waals surface area contributed by atoms with E-state index >= 15 is 0 Å². The highest BCUT2D eigenvalue weighted by Crippen LogP contribution is 2.23. The van der Waals surface area contributed by atoms with Crippen LogP contribution in [0.3, 0.4) is 0 Å². The summed E-state index contributed by atoms with van der Waals surface area (Å²) in [5.41, 5.74) is 5.28. The third-order valence-electron chi connectivity index (χ3n) is 3.86. The van der Waals surface area contributed by atoms with Crippen molar-refractivity contribution in [2.45, 2.75) is 13.3 Å². The smallest absolute Gasteiger partial charge is 0.00170 e. The lowest BCUT2D eigenvalue weighted by atomic mass is 9.95. The molecule has 3 aromatic carbocycles. The maximum atomic E-state index is 3.83. The van der Waals surface area contributed by atoms with Gasteiger partial charge in [-0.2, -0.15) is 0 Å². The van der Waals surface area contributed by atoms with E-state index in [1.54, 1.807) is 0 Å². The van der Waals surface area contributed by atoms with Crippen molar-refractivity contribution in [1.29, 1.82) is 0 Å². The molecular weight excluding hydrogens is 240 g/mol. The first-order chi connectivity index (χ1) is 9.78. The monoisotopic (exact) mass is 258 g/mol.